The summed E-state index contributed by atoms with van der Waals surface area (Å²) in [5.74, 6) is -0.105. The van der Waals surface area contributed by atoms with E-state index in [1.165, 1.54) is 0 Å². The number of primary amides is 1. The van der Waals surface area contributed by atoms with E-state index in [4.69, 9.17) is 10.5 Å². The summed E-state index contributed by atoms with van der Waals surface area (Å²) < 4.78 is 5.64. The van der Waals surface area contributed by atoms with E-state index in [2.05, 4.69) is 5.32 Å². The quantitative estimate of drug-likeness (QED) is 0.761. The average molecular weight is 354 g/mol. The lowest BCUT2D eigenvalue weighted by molar-refractivity contribution is -0.122. The Morgan fingerprint density at radius 3 is 2.19 bits per heavy atom. The molecule has 2 aromatic rings. The number of rotatable bonds is 8. The van der Waals surface area contributed by atoms with Crippen LogP contribution in [0.25, 0.3) is 0 Å². The van der Waals surface area contributed by atoms with Gasteiger partial charge < -0.3 is 20.6 Å². The Hall–Kier alpha value is -3.15. The predicted molar refractivity (Wildman–Crippen MR) is 99.1 cm³/mol. The van der Waals surface area contributed by atoms with Crippen LogP contribution in [-0.4, -0.2) is 23.7 Å². The van der Waals surface area contributed by atoms with Gasteiger partial charge in [-0.15, -0.1) is 0 Å². The lowest BCUT2D eigenvalue weighted by atomic mass is 10.1. The van der Waals surface area contributed by atoms with Gasteiger partial charge in [-0.1, -0.05) is 12.1 Å². The maximum absolute atomic E-state index is 12.2. The molecule has 2 amide bonds. The molecule has 26 heavy (non-hydrogen) atoms. The molecule has 0 aliphatic carbocycles. The molecule has 2 aromatic carbocycles. The molecule has 0 radical (unpaired) electrons. The van der Waals surface area contributed by atoms with Gasteiger partial charge in [-0.2, -0.15) is 0 Å². The van der Waals surface area contributed by atoms with Crippen molar-refractivity contribution in [1.29, 1.82) is 0 Å². The summed E-state index contributed by atoms with van der Waals surface area (Å²) in [5, 5.41) is 2.72. The number of carbonyl (C=O) groups is 3. The van der Waals surface area contributed by atoms with Gasteiger partial charge in [0.15, 0.2) is 6.10 Å². The number of Topliss-reactive ketones (excluding diaryl/α,β-unsaturated/α-hetero) is 1. The topological polar surface area (TPSA) is 98.5 Å². The molecule has 0 aliphatic rings. The number of nitrogens with one attached hydrogen (secondary N) is 1. The molecule has 0 aliphatic heterocycles. The summed E-state index contributed by atoms with van der Waals surface area (Å²) >= 11 is 0. The van der Waals surface area contributed by atoms with E-state index in [1.807, 2.05) is 12.1 Å². The van der Waals surface area contributed by atoms with Crippen molar-refractivity contribution in [3.63, 3.8) is 0 Å². The van der Waals surface area contributed by atoms with Crippen molar-refractivity contribution in [3.8, 4) is 5.75 Å². The van der Waals surface area contributed by atoms with Crippen LogP contribution >= 0.6 is 0 Å². The van der Waals surface area contributed by atoms with Crippen molar-refractivity contribution in [2.45, 2.75) is 32.8 Å². The highest BCUT2D eigenvalue weighted by Crippen LogP contribution is 2.16. The normalized spacial score (nSPS) is 11.5. The monoisotopic (exact) mass is 354 g/mol. The Balaban J connectivity index is 1.89. The van der Waals surface area contributed by atoms with Crippen LogP contribution < -0.4 is 15.8 Å². The second-order valence-corrected chi connectivity index (χ2v) is 6.04. The second-order valence-electron chi connectivity index (χ2n) is 6.04. The molecule has 136 valence electrons. The molecule has 0 heterocycles. The largest absolute Gasteiger partial charge is 0.481 e. The third kappa shape index (κ3) is 5.73. The predicted octanol–water partition coefficient (Wildman–Crippen LogP) is 2.71. The van der Waals surface area contributed by atoms with Crippen LogP contribution in [0.2, 0.25) is 0 Å². The highest BCUT2D eigenvalue weighted by Gasteiger charge is 2.15. The fraction of sp³-hybridized carbons (Fsp3) is 0.250. The molecule has 2 rings (SSSR count). The van der Waals surface area contributed by atoms with Crippen LogP contribution in [0.3, 0.4) is 0 Å². The summed E-state index contributed by atoms with van der Waals surface area (Å²) in [4.78, 5) is 34.3. The van der Waals surface area contributed by atoms with Crippen molar-refractivity contribution in [3.05, 3.63) is 59.7 Å². The Kier molecular flexibility index (Phi) is 6.49. The van der Waals surface area contributed by atoms with E-state index in [0.29, 0.717) is 29.8 Å². The molecule has 6 heteroatoms. The van der Waals surface area contributed by atoms with Crippen molar-refractivity contribution in [2.75, 3.05) is 5.32 Å². The lowest BCUT2D eigenvalue weighted by Crippen LogP contribution is -2.30. The molecule has 0 saturated heterocycles. The first-order valence-electron chi connectivity index (χ1n) is 8.31. The number of aryl methyl sites for hydroxylation is 1. The van der Waals surface area contributed by atoms with E-state index in [0.717, 1.165) is 5.56 Å². The van der Waals surface area contributed by atoms with Gasteiger partial charge in [0.1, 0.15) is 11.5 Å². The number of nitrogens with two attached hydrogens (primary N) is 1. The number of amides is 2. The van der Waals surface area contributed by atoms with Crippen molar-refractivity contribution in [2.24, 2.45) is 5.73 Å². The molecule has 0 spiro atoms. The van der Waals surface area contributed by atoms with Gasteiger partial charge in [0.2, 0.25) is 5.91 Å². The van der Waals surface area contributed by atoms with Crippen LogP contribution in [0.4, 0.5) is 5.69 Å². The van der Waals surface area contributed by atoms with Gasteiger partial charge in [-0.25, -0.2) is 0 Å². The van der Waals surface area contributed by atoms with Gasteiger partial charge in [0.25, 0.3) is 5.91 Å². The van der Waals surface area contributed by atoms with Crippen molar-refractivity contribution >= 4 is 23.3 Å². The van der Waals surface area contributed by atoms with E-state index in [-0.39, 0.29) is 11.7 Å². The number of anilines is 1. The lowest BCUT2D eigenvalue weighted by Gasteiger charge is -2.15. The summed E-state index contributed by atoms with van der Waals surface area (Å²) in [7, 11) is 0. The SMILES string of the molecule is CC(=O)CCc1ccc(OC(C)C(=O)Nc2ccc(C(N)=O)cc2)cc1. The third-order valence-electron chi connectivity index (χ3n) is 3.81. The molecular weight excluding hydrogens is 332 g/mol. The standard InChI is InChI=1S/C20H22N2O4/c1-13(23)3-4-15-5-11-18(12-6-15)26-14(2)20(25)22-17-9-7-16(8-10-17)19(21)24/h5-12,14H,3-4H2,1-2H3,(H2,21,24)(H,22,25). The smallest absolute Gasteiger partial charge is 0.265 e. The van der Waals surface area contributed by atoms with Crippen LogP contribution in [0, 0.1) is 0 Å². The first-order valence-corrected chi connectivity index (χ1v) is 8.31. The van der Waals surface area contributed by atoms with Crippen molar-refractivity contribution < 1.29 is 19.1 Å². The van der Waals surface area contributed by atoms with Gasteiger partial charge in [-0.3, -0.25) is 9.59 Å². The van der Waals surface area contributed by atoms with E-state index in [1.54, 1.807) is 50.2 Å². The molecule has 1 atom stereocenters. The van der Waals surface area contributed by atoms with Gasteiger partial charge in [-0.05, 0) is 62.2 Å². The summed E-state index contributed by atoms with van der Waals surface area (Å²) in [5.41, 5.74) is 7.14. The zero-order chi connectivity index (χ0) is 19.1. The van der Waals surface area contributed by atoms with Crippen LogP contribution in [0.5, 0.6) is 5.75 Å². The molecule has 0 bridgehead atoms. The minimum Gasteiger partial charge on any atom is -0.481 e. The first-order chi connectivity index (χ1) is 12.3. The van der Waals surface area contributed by atoms with Crippen LogP contribution in [0.15, 0.2) is 48.5 Å². The third-order valence-corrected chi connectivity index (χ3v) is 3.81. The highest BCUT2D eigenvalue weighted by molar-refractivity contribution is 5.96. The molecule has 0 fully saturated rings. The molecule has 0 aromatic heterocycles. The fourth-order valence-corrected chi connectivity index (χ4v) is 2.27. The second kappa shape index (κ2) is 8.80. The van der Waals surface area contributed by atoms with Crippen LogP contribution in [-0.2, 0) is 16.0 Å². The van der Waals surface area contributed by atoms with Crippen LogP contribution in [0.1, 0.15) is 36.2 Å². The average Bonchev–Trinajstić information content (AvgIpc) is 2.61. The molecule has 6 nitrogen and oxygen atoms in total. The van der Waals surface area contributed by atoms with E-state index >= 15 is 0 Å². The maximum atomic E-state index is 12.2. The molecule has 0 saturated carbocycles. The first kappa shape index (κ1) is 19.2. The fourth-order valence-electron chi connectivity index (χ4n) is 2.27. The number of ketones is 1. The zero-order valence-corrected chi connectivity index (χ0v) is 14.8. The van der Waals surface area contributed by atoms with E-state index < -0.39 is 12.0 Å². The van der Waals surface area contributed by atoms with Gasteiger partial charge >= 0.3 is 0 Å². The summed E-state index contributed by atoms with van der Waals surface area (Å²) in [6.45, 7) is 3.22. The van der Waals surface area contributed by atoms with Gasteiger partial charge in [0.05, 0.1) is 0 Å². The highest BCUT2D eigenvalue weighted by atomic mass is 16.5. The van der Waals surface area contributed by atoms with Crippen molar-refractivity contribution in [1.82, 2.24) is 0 Å². The molecular formula is C20H22N2O4. The maximum Gasteiger partial charge on any atom is 0.265 e. The zero-order valence-electron chi connectivity index (χ0n) is 14.8. The number of hydrogen-bond acceptors (Lipinski definition) is 4. The minimum absolute atomic E-state index is 0.152. The number of benzene rings is 2. The van der Waals surface area contributed by atoms with Gasteiger partial charge in [0, 0.05) is 17.7 Å². The number of ether oxygens (including phenoxy) is 1. The van der Waals surface area contributed by atoms with E-state index in [9.17, 15) is 14.4 Å². The molecule has 3 N–H and O–H groups in total. The molecule has 1 unspecified atom stereocenters. The summed E-state index contributed by atoms with van der Waals surface area (Å²) in [6.07, 6.45) is 0.495. The Labute approximate surface area is 152 Å². The summed E-state index contributed by atoms with van der Waals surface area (Å²) in [6, 6.07) is 13.6. The number of hydrogen-bond donors (Lipinski definition) is 2. The Morgan fingerprint density at radius 2 is 1.65 bits per heavy atom. The Bertz CT molecular complexity index is 782. The Morgan fingerprint density at radius 1 is 1.04 bits per heavy atom. The number of carbonyl (C=O) groups excluding carboxylic acids is 3. The minimum atomic E-state index is -0.700.